The van der Waals surface area contributed by atoms with Gasteiger partial charge in [0.05, 0.1) is 4.44 Å². The predicted molar refractivity (Wildman–Crippen MR) is 57.4 cm³/mol. The summed E-state index contributed by atoms with van der Waals surface area (Å²) in [5, 5.41) is 0. The van der Waals surface area contributed by atoms with Crippen molar-refractivity contribution in [3.63, 3.8) is 0 Å². The van der Waals surface area contributed by atoms with Gasteiger partial charge < -0.3 is 0 Å². The number of terminal acetylenes is 1. The molecule has 10 heavy (non-hydrogen) atoms. The zero-order valence-electron chi connectivity index (χ0n) is 5.74. The maximum absolute atomic E-state index is 5.45. The van der Waals surface area contributed by atoms with Crippen LogP contribution in [0.25, 0.3) is 0 Å². The molecule has 1 fully saturated rings. The first-order chi connectivity index (χ1) is 4.70. The lowest BCUT2D eigenvalue weighted by Crippen LogP contribution is -1.95. The molecule has 0 bridgehead atoms. The average Bonchev–Trinajstić information content (AvgIpc) is 2.33. The van der Waals surface area contributed by atoms with Crippen LogP contribution in [-0.2, 0) is 11.8 Å². The molecule has 0 N–H and O–H groups in total. The summed E-state index contributed by atoms with van der Waals surface area (Å²) >= 11 is 9.22. The van der Waals surface area contributed by atoms with E-state index in [1.54, 1.807) is 0 Å². The molecule has 0 saturated carbocycles. The lowest BCUT2D eigenvalue weighted by molar-refractivity contribution is 0.911. The molecule has 0 aromatic rings. The van der Waals surface area contributed by atoms with E-state index in [9.17, 15) is 0 Å². The molecule has 2 atom stereocenters. The summed E-state index contributed by atoms with van der Waals surface area (Å²) in [6.45, 7) is 0. The van der Waals surface area contributed by atoms with Crippen LogP contribution in [0.2, 0.25) is 0 Å². The van der Waals surface area contributed by atoms with E-state index in [1.165, 1.54) is 0 Å². The van der Waals surface area contributed by atoms with E-state index in [0.717, 1.165) is 11.9 Å². The summed E-state index contributed by atoms with van der Waals surface area (Å²) in [5.74, 6) is 4.33. The van der Waals surface area contributed by atoms with Crippen molar-refractivity contribution in [2.75, 3.05) is 18.2 Å². The maximum Gasteiger partial charge on any atom is 0.0582 e. The highest BCUT2D eigenvalue weighted by molar-refractivity contribution is 9.00. The smallest absolute Gasteiger partial charge is 0.0582 e. The molecule has 4 heteroatoms. The SMILES string of the molecule is C#CC1CSP(=S)(SC)C1. The van der Waals surface area contributed by atoms with E-state index in [-0.39, 0.29) is 0 Å². The number of hydrogen-bond acceptors (Lipinski definition) is 3. The van der Waals surface area contributed by atoms with Crippen LogP contribution in [0.3, 0.4) is 0 Å². The van der Waals surface area contributed by atoms with Crippen molar-refractivity contribution >= 4 is 39.0 Å². The first-order valence-electron chi connectivity index (χ1n) is 2.95. The first kappa shape index (κ1) is 9.00. The fourth-order valence-corrected chi connectivity index (χ4v) is 8.70. The van der Waals surface area contributed by atoms with Gasteiger partial charge in [-0.3, -0.25) is 0 Å². The van der Waals surface area contributed by atoms with E-state index in [4.69, 9.17) is 18.2 Å². The molecule has 0 spiro atoms. The van der Waals surface area contributed by atoms with E-state index in [2.05, 4.69) is 12.2 Å². The monoisotopic (exact) mass is 208 g/mol. The van der Waals surface area contributed by atoms with E-state index >= 15 is 0 Å². The molecule has 1 saturated heterocycles. The van der Waals surface area contributed by atoms with Crippen molar-refractivity contribution in [3.05, 3.63) is 0 Å². The zero-order valence-corrected chi connectivity index (χ0v) is 9.08. The number of hydrogen-bond donors (Lipinski definition) is 0. The van der Waals surface area contributed by atoms with Crippen molar-refractivity contribution in [1.29, 1.82) is 0 Å². The van der Waals surface area contributed by atoms with Gasteiger partial charge >= 0.3 is 0 Å². The third kappa shape index (κ3) is 1.95. The molecule has 0 aromatic heterocycles. The highest BCUT2D eigenvalue weighted by Gasteiger charge is 2.28. The normalized spacial score (nSPS) is 39.4. The van der Waals surface area contributed by atoms with Crippen LogP contribution in [-0.4, -0.2) is 18.2 Å². The van der Waals surface area contributed by atoms with Crippen molar-refractivity contribution in [1.82, 2.24) is 0 Å². The summed E-state index contributed by atoms with van der Waals surface area (Å²) < 4.78 is -1.10. The van der Waals surface area contributed by atoms with Gasteiger partial charge in [-0.1, -0.05) is 11.8 Å². The second kappa shape index (κ2) is 3.54. The van der Waals surface area contributed by atoms with Gasteiger partial charge in [-0.25, -0.2) is 0 Å². The predicted octanol–water partition coefficient (Wildman–Crippen LogP) is 2.66. The van der Waals surface area contributed by atoms with Gasteiger partial charge in [0.15, 0.2) is 0 Å². The first-order valence-corrected chi connectivity index (χ1v) is 9.36. The largest absolute Gasteiger partial charge is 0.120 e. The third-order valence-electron chi connectivity index (χ3n) is 1.43. The lowest BCUT2D eigenvalue weighted by Gasteiger charge is -2.08. The molecular weight excluding hydrogens is 199 g/mol. The van der Waals surface area contributed by atoms with Gasteiger partial charge in [-0.15, -0.1) is 35.1 Å². The Morgan fingerprint density at radius 1 is 1.90 bits per heavy atom. The Morgan fingerprint density at radius 2 is 2.60 bits per heavy atom. The second-order valence-corrected chi connectivity index (χ2v) is 14.2. The maximum atomic E-state index is 5.45. The molecular formula is C6H9PS3. The Hall–Kier alpha value is 0.910. The molecule has 2 unspecified atom stereocenters. The molecule has 0 nitrogen and oxygen atoms in total. The highest BCUT2D eigenvalue weighted by atomic mass is 33.2. The molecule has 1 rings (SSSR count). The molecule has 1 aliphatic rings. The summed E-state index contributed by atoms with van der Waals surface area (Å²) in [4.78, 5) is 0. The number of rotatable bonds is 1. The summed E-state index contributed by atoms with van der Waals surface area (Å²) in [6.07, 6.45) is 8.51. The van der Waals surface area contributed by atoms with Gasteiger partial charge in [0, 0.05) is 17.8 Å². The Kier molecular flexibility index (Phi) is 3.19. The minimum absolute atomic E-state index is 0.461. The van der Waals surface area contributed by atoms with Crippen LogP contribution in [0.4, 0.5) is 0 Å². The molecule has 1 heterocycles. The highest BCUT2D eigenvalue weighted by Crippen LogP contribution is 2.73. The fourth-order valence-electron chi connectivity index (χ4n) is 0.807. The minimum Gasteiger partial charge on any atom is -0.120 e. The van der Waals surface area contributed by atoms with Crippen LogP contribution >= 0.6 is 27.2 Å². The van der Waals surface area contributed by atoms with Crippen LogP contribution in [0.1, 0.15) is 0 Å². The van der Waals surface area contributed by atoms with E-state index in [1.807, 2.05) is 22.8 Å². The average molecular weight is 208 g/mol. The van der Waals surface area contributed by atoms with Crippen molar-refractivity contribution in [2.45, 2.75) is 0 Å². The second-order valence-electron chi connectivity index (χ2n) is 2.14. The van der Waals surface area contributed by atoms with Gasteiger partial charge in [0.2, 0.25) is 0 Å². The van der Waals surface area contributed by atoms with Crippen molar-refractivity contribution in [2.24, 2.45) is 5.92 Å². The fraction of sp³-hybridized carbons (Fsp3) is 0.667. The Bertz CT molecular complexity index is 206. The van der Waals surface area contributed by atoms with Gasteiger partial charge in [-0.05, 0) is 6.26 Å². The summed E-state index contributed by atoms with van der Waals surface area (Å²) in [6, 6.07) is 0. The Balaban J connectivity index is 2.60. The van der Waals surface area contributed by atoms with E-state index < -0.39 is 4.44 Å². The Morgan fingerprint density at radius 3 is 2.90 bits per heavy atom. The van der Waals surface area contributed by atoms with Gasteiger partial charge in [0.25, 0.3) is 0 Å². The van der Waals surface area contributed by atoms with E-state index in [0.29, 0.717) is 5.92 Å². The summed E-state index contributed by atoms with van der Waals surface area (Å²) in [7, 11) is 0. The Labute approximate surface area is 75.4 Å². The third-order valence-corrected chi connectivity index (χ3v) is 13.0. The molecule has 1 aliphatic heterocycles. The summed E-state index contributed by atoms with van der Waals surface area (Å²) in [5.41, 5.74) is 0. The van der Waals surface area contributed by atoms with Gasteiger partial charge in [-0.2, -0.15) is 0 Å². The van der Waals surface area contributed by atoms with Crippen LogP contribution in [0, 0.1) is 18.3 Å². The molecule has 0 aromatic carbocycles. The zero-order chi connectivity index (χ0) is 7.61. The quantitative estimate of drug-likeness (QED) is 0.480. The molecule has 0 amide bonds. The van der Waals surface area contributed by atoms with Crippen molar-refractivity contribution < 1.29 is 0 Å². The lowest BCUT2D eigenvalue weighted by atomic mass is 10.2. The van der Waals surface area contributed by atoms with Crippen molar-refractivity contribution in [3.8, 4) is 12.3 Å². The van der Waals surface area contributed by atoms with Crippen LogP contribution in [0.5, 0.6) is 0 Å². The molecule has 0 radical (unpaired) electrons. The topological polar surface area (TPSA) is 0 Å². The van der Waals surface area contributed by atoms with Gasteiger partial charge in [0.1, 0.15) is 0 Å². The van der Waals surface area contributed by atoms with Crippen LogP contribution in [0.15, 0.2) is 0 Å². The van der Waals surface area contributed by atoms with Crippen LogP contribution < -0.4 is 0 Å². The minimum atomic E-state index is -1.10. The molecule has 56 valence electrons. The standard InChI is InChI=1S/C6H9PS3/c1-3-6-4-7(8,9-2)10-5-6/h1,6H,4-5H2,2H3. The molecule has 0 aliphatic carbocycles.